The molecule has 1 unspecified atom stereocenters. The molecule has 74 valence electrons. The molecule has 0 aromatic heterocycles. The lowest BCUT2D eigenvalue weighted by atomic mass is 10.0. The average molecular weight is 190 g/mol. The highest BCUT2D eigenvalue weighted by Gasteiger charge is 2.12. The van der Waals surface area contributed by atoms with Crippen LogP contribution in [0.1, 0.15) is 19.3 Å². The van der Waals surface area contributed by atoms with Crippen molar-refractivity contribution in [3.8, 4) is 5.75 Å². The minimum absolute atomic E-state index is 0.182. The molecule has 1 atom stereocenters. The Morgan fingerprint density at radius 3 is 2.64 bits per heavy atom. The van der Waals surface area contributed by atoms with Gasteiger partial charge in [-0.15, -0.1) is 0 Å². The van der Waals surface area contributed by atoms with Crippen LogP contribution in [0.4, 0.5) is 0 Å². The molecule has 2 rings (SSSR count). The Hall–Kier alpha value is -1.28. The molecule has 1 aromatic rings. The number of benzene rings is 1. The highest BCUT2D eigenvalue weighted by molar-refractivity contribution is 5.23. The SMILES string of the molecule is OC1CC=C(Oc2ccccc2)CC1. The number of ether oxygens (including phenoxy) is 1. The van der Waals surface area contributed by atoms with Gasteiger partial charge in [-0.25, -0.2) is 0 Å². The number of hydrogen-bond acceptors (Lipinski definition) is 2. The zero-order valence-electron chi connectivity index (χ0n) is 8.02. The summed E-state index contributed by atoms with van der Waals surface area (Å²) < 4.78 is 5.65. The zero-order chi connectivity index (χ0) is 9.80. The summed E-state index contributed by atoms with van der Waals surface area (Å²) in [4.78, 5) is 0. The van der Waals surface area contributed by atoms with Crippen molar-refractivity contribution in [1.82, 2.24) is 0 Å². The van der Waals surface area contributed by atoms with Crippen LogP contribution in [0.25, 0.3) is 0 Å². The van der Waals surface area contributed by atoms with Crippen molar-refractivity contribution < 1.29 is 9.84 Å². The molecule has 0 saturated heterocycles. The molecule has 1 aliphatic rings. The van der Waals surface area contributed by atoms with E-state index < -0.39 is 0 Å². The molecule has 14 heavy (non-hydrogen) atoms. The lowest BCUT2D eigenvalue weighted by molar-refractivity contribution is 0.153. The van der Waals surface area contributed by atoms with E-state index in [1.54, 1.807) is 0 Å². The van der Waals surface area contributed by atoms with E-state index in [4.69, 9.17) is 4.74 Å². The van der Waals surface area contributed by atoms with Gasteiger partial charge in [-0.05, 0) is 31.1 Å². The quantitative estimate of drug-likeness (QED) is 0.776. The second-order valence-electron chi connectivity index (χ2n) is 3.51. The van der Waals surface area contributed by atoms with Gasteiger partial charge in [0.1, 0.15) is 11.5 Å². The van der Waals surface area contributed by atoms with E-state index in [2.05, 4.69) is 0 Å². The van der Waals surface area contributed by atoms with Crippen LogP contribution in [-0.4, -0.2) is 11.2 Å². The maximum Gasteiger partial charge on any atom is 0.126 e. The minimum Gasteiger partial charge on any atom is -0.462 e. The Morgan fingerprint density at radius 2 is 2.00 bits per heavy atom. The third-order valence-electron chi connectivity index (χ3n) is 2.33. The lowest BCUT2D eigenvalue weighted by Gasteiger charge is -2.17. The second kappa shape index (κ2) is 4.29. The van der Waals surface area contributed by atoms with Crippen LogP contribution >= 0.6 is 0 Å². The van der Waals surface area contributed by atoms with Crippen molar-refractivity contribution in [2.45, 2.75) is 25.4 Å². The van der Waals surface area contributed by atoms with E-state index >= 15 is 0 Å². The summed E-state index contributed by atoms with van der Waals surface area (Å²) in [6, 6.07) is 9.74. The van der Waals surface area contributed by atoms with Gasteiger partial charge in [0.25, 0.3) is 0 Å². The van der Waals surface area contributed by atoms with Gasteiger partial charge >= 0.3 is 0 Å². The fourth-order valence-electron chi connectivity index (χ4n) is 1.53. The highest BCUT2D eigenvalue weighted by Crippen LogP contribution is 2.21. The Balaban J connectivity index is 1.99. The molecule has 0 amide bonds. The molecule has 2 heteroatoms. The highest BCUT2D eigenvalue weighted by atomic mass is 16.5. The van der Waals surface area contributed by atoms with E-state index in [0.717, 1.165) is 24.4 Å². The van der Waals surface area contributed by atoms with Gasteiger partial charge in [-0.1, -0.05) is 18.2 Å². The first-order valence-electron chi connectivity index (χ1n) is 4.94. The van der Waals surface area contributed by atoms with Gasteiger partial charge < -0.3 is 9.84 Å². The zero-order valence-corrected chi connectivity index (χ0v) is 8.02. The van der Waals surface area contributed by atoms with Crippen molar-refractivity contribution in [2.75, 3.05) is 0 Å². The van der Waals surface area contributed by atoms with Crippen LogP contribution < -0.4 is 4.74 Å². The van der Waals surface area contributed by atoms with Crippen LogP contribution in [-0.2, 0) is 0 Å². The maximum absolute atomic E-state index is 9.29. The first-order chi connectivity index (χ1) is 6.84. The van der Waals surface area contributed by atoms with Crippen molar-refractivity contribution in [2.24, 2.45) is 0 Å². The molecule has 1 aliphatic carbocycles. The number of hydrogen-bond donors (Lipinski definition) is 1. The van der Waals surface area contributed by atoms with Crippen LogP contribution in [0.2, 0.25) is 0 Å². The van der Waals surface area contributed by atoms with E-state index in [1.807, 2.05) is 36.4 Å². The van der Waals surface area contributed by atoms with Gasteiger partial charge in [0, 0.05) is 6.42 Å². The molecule has 2 nitrogen and oxygen atoms in total. The summed E-state index contributed by atoms with van der Waals surface area (Å²) in [6.07, 6.45) is 4.14. The minimum atomic E-state index is -0.182. The fourth-order valence-corrected chi connectivity index (χ4v) is 1.53. The fraction of sp³-hybridized carbons (Fsp3) is 0.333. The Kier molecular flexibility index (Phi) is 2.84. The number of para-hydroxylation sites is 1. The molecule has 0 saturated carbocycles. The standard InChI is InChI=1S/C12H14O2/c13-10-6-8-12(9-7-10)14-11-4-2-1-3-5-11/h1-5,8,10,13H,6-7,9H2. The number of aliphatic hydroxyl groups excluding tert-OH is 1. The molecule has 1 aromatic carbocycles. The van der Waals surface area contributed by atoms with Crippen molar-refractivity contribution in [1.29, 1.82) is 0 Å². The predicted molar refractivity (Wildman–Crippen MR) is 55.0 cm³/mol. The monoisotopic (exact) mass is 190 g/mol. The third-order valence-corrected chi connectivity index (χ3v) is 2.33. The number of allylic oxidation sites excluding steroid dienone is 1. The topological polar surface area (TPSA) is 29.5 Å². The molecule has 0 bridgehead atoms. The van der Waals surface area contributed by atoms with Crippen molar-refractivity contribution in [3.63, 3.8) is 0 Å². The van der Waals surface area contributed by atoms with Crippen LogP contribution in [0.5, 0.6) is 5.75 Å². The largest absolute Gasteiger partial charge is 0.462 e. The van der Waals surface area contributed by atoms with Gasteiger partial charge in [0.05, 0.1) is 6.10 Å². The van der Waals surface area contributed by atoms with Crippen LogP contribution in [0.15, 0.2) is 42.2 Å². The van der Waals surface area contributed by atoms with Crippen molar-refractivity contribution in [3.05, 3.63) is 42.2 Å². The summed E-state index contributed by atoms with van der Waals surface area (Å²) >= 11 is 0. The summed E-state index contributed by atoms with van der Waals surface area (Å²) in [5, 5.41) is 9.29. The Labute approximate surface area is 83.8 Å². The molecule has 0 heterocycles. The van der Waals surface area contributed by atoms with E-state index in [1.165, 1.54) is 0 Å². The van der Waals surface area contributed by atoms with E-state index in [9.17, 15) is 5.11 Å². The maximum atomic E-state index is 9.29. The number of rotatable bonds is 2. The van der Waals surface area contributed by atoms with Gasteiger partial charge in [0.2, 0.25) is 0 Å². The van der Waals surface area contributed by atoms with Gasteiger partial charge in [0.15, 0.2) is 0 Å². The molecule has 0 fully saturated rings. The average Bonchev–Trinajstić information content (AvgIpc) is 2.23. The van der Waals surface area contributed by atoms with E-state index in [-0.39, 0.29) is 6.10 Å². The third kappa shape index (κ3) is 2.36. The van der Waals surface area contributed by atoms with Crippen molar-refractivity contribution >= 4 is 0 Å². The summed E-state index contributed by atoms with van der Waals surface area (Å²) in [5.74, 6) is 1.84. The molecule has 0 aliphatic heterocycles. The molecular weight excluding hydrogens is 176 g/mol. The first-order valence-corrected chi connectivity index (χ1v) is 4.94. The molecule has 0 spiro atoms. The predicted octanol–water partition coefficient (Wildman–Crippen LogP) is 2.49. The summed E-state index contributed by atoms with van der Waals surface area (Å²) in [7, 11) is 0. The van der Waals surface area contributed by atoms with Gasteiger partial charge in [-0.2, -0.15) is 0 Å². The lowest BCUT2D eigenvalue weighted by Crippen LogP contribution is -2.12. The normalized spacial score (nSPS) is 21.5. The smallest absolute Gasteiger partial charge is 0.126 e. The number of aliphatic hydroxyl groups is 1. The molecular formula is C12H14O2. The van der Waals surface area contributed by atoms with Crippen LogP contribution in [0, 0.1) is 0 Å². The van der Waals surface area contributed by atoms with E-state index in [0.29, 0.717) is 6.42 Å². The summed E-state index contributed by atoms with van der Waals surface area (Å²) in [5.41, 5.74) is 0. The second-order valence-corrected chi connectivity index (χ2v) is 3.51. The van der Waals surface area contributed by atoms with Crippen LogP contribution in [0.3, 0.4) is 0 Å². The Morgan fingerprint density at radius 1 is 1.21 bits per heavy atom. The first kappa shape index (κ1) is 9.28. The van der Waals surface area contributed by atoms with Gasteiger partial charge in [-0.3, -0.25) is 0 Å². The summed E-state index contributed by atoms with van der Waals surface area (Å²) in [6.45, 7) is 0. The molecule has 1 N–H and O–H groups in total. The molecule has 0 radical (unpaired) electrons. The Bertz CT molecular complexity index is 316.